The lowest BCUT2D eigenvalue weighted by Gasteiger charge is -2.19. The zero-order chi connectivity index (χ0) is 23.4. The number of halogens is 1. The quantitative estimate of drug-likeness (QED) is 0.475. The van der Waals surface area contributed by atoms with Crippen LogP contribution in [0.5, 0.6) is 17.2 Å². The smallest absolute Gasteiger partial charge is 0.282 e. The van der Waals surface area contributed by atoms with E-state index in [2.05, 4.69) is 4.99 Å². The van der Waals surface area contributed by atoms with E-state index < -0.39 is 0 Å². The number of aliphatic imine (C=N–C) groups is 1. The number of carbonyl (C=O) groups excluding carboxylic acids is 1. The van der Waals surface area contributed by atoms with Crippen LogP contribution in [-0.4, -0.2) is 32.6 Å². The van der Waals surface area contributed by atoms with Gasteiger partial charge in [-0.2, -0.15) is 0 Å². The molecule has 0 aromatic heterocycles. The van der Waals surface area contributed by atoms with Crippen LogP contribution in [0.15, 0.2) is 77.4 Å². The summed E-state index contributed by atoms with van der Waals surface area (Å²) in [5, 5.41) is 0. The fourth-order valence-electron chi connectivity index (χ4n) is 3.49. The van der Waals surface area contributed by atoms with E-state index >= 15 is 0 Å². The molecular formula is C26H23FN2O4. The molecule has 0 aliphatic carbocycles. The molecule has 33 heavy (non-hydrogen) atoms. The monoisotopic (exact) mass is 446 g/mol. The summed E-state index contributed by atoms with van der Waals surface area (Å²) in [7, 11) is 3.12. The van der Waals surface area contributed by atoms with E-state index in [9.17, 15) is 9.18 Å². The number of nitrogens with zero attached hydrogens (tertiary/aromatic N) is 2. The highest BCUT2D eigenvalue weighted by Crippen LogP contribution is 2.32. The van der Waals surface area contributed by atoms with E-state index in [0.717, 1.165) is 0 Å². The van der Waals surface area contributed by atoms with Crippen molar-refractivity contribution in [1.82, 2.24) is 0 Å². The fraction of sp³-hybridized carbons (Fsp3) is 0.154. The average molecular weight is 446 g/mol. The summed E-state index contributed by atoms with van der Waals surface area (Å²) in [5.74, 6) is 1.62. The highest BCUT2D eigenvalue weighted by atomic mass is 19.1. The number of ether oxygens (including phenoxy) is 3. The molecule has 1 aliphatic rings. The van der Waals surface area contributed by atoms with Crippen molar-refractivity contribution in [3.8, 4) is 17.2 Å². The molecule has 0 bridgehead atoms. The van der Waals surface area contributed by atoms with Gasteiger partial charge in [0.15, 0.2) is 0 Å². The van der Waals surface area contributed by atoms with Crippen LogP contribution in [0.3, 0.4) is 0 Å². The van der Waals surface area contributed by atoms with Crippen LogP contribution in [-0.2, 0) is 4.79 Å². The summed E-state index contributed by atoms with van der Waals surface area (Å²) in [5.41, 5.74) is 2.14. The molecule has 0 radical (unpaired) electrons. The number of methoxy groups -OCH3 is 2. The molecule has 6 nitrogen and oxygen atoms in total. The van der Waals surface area contributed by atoms with Crippen molar-refractivity contribution >= 4 is 23.5 Å². The number of anilines is 1. The average Bonchev–Trinajstić information content (AvgIpc) is 3.16. The topological polar surface area (TPSA) is 60.4 Å². The second-order valence-corrected chi connectivity index (χ2v) is 7.15. The van der Waals surface area contributed by atoms with Gasteiger partial charge < -0.3 is 14.2 Å². The third-order valence-electron chi connectivity index (χ3n) is 5.10. The maximum Gasteiger partial charge on any atom is 0.282 e. The Hall–Kier alpha value is -4.13. The molecule has 1 heterocycles. The standard InChI is InChI=1S/C26H23FN2O4/c1-4-33-21-13-10-20(11-14-21)29-25(17-5-8-19(27)9-6-17)28-23(26(29)30)15-18-7-12-22(31-2)16-24(18)32-3/h5-16H,4H2,1-3H3/b23-15+. The number of amides is 1. The van der Waals surface area contributed by atoms with Crippen molar-refractivity contribution in [1.29, 1.82) is 0 Å². The molecule has 1 amide bonds. The Morgan fingerprint density at radius 1 is 0.939 bits per heavy atom. The van der Waals surface area contributed by atoms with Gasteiger partial charge in [0.1, 0.15) is 34.6 Å². The number of benzene rings is 3. The van der Waals surface area contributed by atoms with Crippen molar-refractivity contribution in [3.05, 3.63) is 89.4 Å². The van der Waals surface area contributed by atoms with Gasteiger partial charge in [0.25, 0.3) is 5.91 Å². The lowest BCUT2D eigenvalue weighted by Crippen LogP contribution is -2.32. The molecule has 3 aromatic carbocycles. The fourth-order valence-corrected chi connectivity index (χ4v) is 3.49. The van der Waals surface area contributed by atoms with E-state index in [-0.39, 0.29) is 17.4 Å². The SMILES string of the molecule is CCOc1ccc(N2C(=O)/C(=C\c3ccc(OC)cc3OC)N=C2c2ccc(F)cc2)cc1. The van der Waals surface area contributed by atoms with Gasteiger partial charge in [0.2, 0.25) is 0 Å². The number of hydrogen-bond donors (Lipinski definition) is 0. The molecule has 0 saturated carbocycles. The number of hydrogen-bond acceptors (Lipinski definition) is 5. The molecule has 0 saturated heterocycles. The summed E-state index contributed by atoms with van der Waals surface area (Å²) in [6, 6.07) is 18.4. The Balaban J connectivity index is 1.79. The molecule has 0 spiro atoms. The van der Waals surface area contributed by atoms with Crippen molar-refractivity contribution in [2.75, 3.05) is 25.7 Å². The van der Waals surface area contributed by atoms with Crippen molar-refractivity contribution in [3.63, 3.8) is 0 Å². The van der Waals surface area contributed by atoms with Crippen LogP contribution in [0.4, 0.5) is 10.1 Å². The predicted molar refractivity (Wildman–Crippen MR) is 126 cm³/mol. The Labute approximate surface area is 191 Å². The molecule has 1 aliphatic heterocycles. The predicted octanol–water partition coefficient (Wildman–Crippen LogP) is 5.08. The molecular weight excluding hydrogens is 423 g/mol. The Kier molecular flexibility index (Phi) is 6.40. The molecule has 0 atom stereocenters. The van der Waals surface area contributed by atoms with Crippen LogP contribution >= 0.6 is 0 Å². The minimum absolute atomic E-state index is 0.228. The van der Waals surface area contributed by atoms with Gasteiger partial charge in [-0.05, 0) is 73.7 Å². The first-order valence-corrected chi connectivity index (χ1v) is 10.4. The van der Waals surface area contributed by atoms with Crippen LogP contribution < -0.4 is 19.1 Å². The van der Waals surface area contributed by atoms with Crippen molar-refractivity contribution in [2.45, 2.75) is 6.92 Å². The summed E-state index contributed by atoms with van der Waals surface area (Å²) in [4.78, 5) is 19.6. The Bertz CT molecular complexity index is 1220. The summed E-state index contributed by atoms with van der Waals surface area (Å²) in [6.07, 6.45) is 1.67. The normalized spacial score (nSPS) is 14.4. The maximum absolute atomic E-state index is 13.5. The van der Waals surface area contributed by atoms with Crippen LogP contribution in [0.1, 0.15) is 18.1 Å². The van der Waals surface area contributed by atoms with E-state index in [4.69, 9.17) is 14.2 Å². The Morgan fingerprint density at radius 3 is 2.27 bits per heavy atom. The number of carbonyl (C=O) groups is 1. The maximum atomic E-state index is 13.5. The first-order chi connectivity index (χ1) is 16.0. The molecule has 0 N–H and O–H groups in total. The largest absolute Gasteiger partial charge is 0.497 e. The van der Waals surface area contributed by atoms with Crippen LogP contribution in [0.25, 0.3) is 6.08 Å². The summed E-state index contributed by atoms with van der Waals surface area (Å²) >= 11 is 0. The van der Waals surface area contributed by atoms with E-state index in [1.807, 2.05) is 6.92 Å². The van der Waals surface area contributed by atoms with E-state index in [0.29, 0.717) is 46.5 Å². The third-order valence-corrected chi connectivity index (χ3v) is 5.10. The second kappa shape index (κ2) is 9.56. The van der Waals surface area contributed by atoms with Crippen molar-refractivity contribution < 1.29 is 23.4 Å². The highest BCUT2D eigenvalue weighted by molar-refractivity contribution is 6.33. The third kappa shape index (κ3) is 4.57. The van der Waals surface area contributed by atoms with Gasteiger partial charge in [-0.1, -0.05) is 0 Å². The summed E-state index contributed by atoms with van der Waals surface area (Å²) in [6.45, 7) is 2.45. The molecule has 7 heteroatoms. The zero-order valence-corrected chi connectivity index (χ0v) is 18.5. The van der Waals surface area contributed by atoms with Gasteiger partial charge in [0, 0.05) is 17.2 Å². The minimum Gasteiger partial charge on any atom is -0.497 e. The molecule has 0 fully saturated rings. The lowest BCUT2D eigenvalue weighted by molar-refractivity contribution is -0.113. The van der Waals surface area contributed by atoms with Gasteiger partial charge in [-0.15, -0.1) is 0 Å². The molecule has 4 rings (SSSR count). The Morgan fingerprint density at radius 2 is 1.64 bits per heavy atom. The van der Waals surface area contributed by atoms with Gasteiger partial charge >= 0.3 is 0 Å². The minimum atomic E-state index is -0.366. The number of amidine groups is 1. The van der Waals surface area contributed by atoms with Gasteiger partial charge in [-0.3, -0.25) is 9.69 Å². The van der Waals surface area contributed by atoms with Crippen molar-refractivity contribution in [2.24, 2.45) is 4.99 Å². The van der Waals surface area contributed by atoms with E-state index in [1.54, 1.807) is 74.9 Å². The molecule has 0 unspecified atom stereocenters. The second-order valence-electron chi connectivity index (χ2n) is 7.15. The molecule has 3 aromatic rings. The van der Waals surface area contributed by atoms with Crippen LogP contribution in [0.2, 0.25) is 0 Å². The lowest BCUT2D eigenvalue weighted by atomic mass is 10.1. The first-order valence-electron chi connectivity index (χ1n) is 10.4. The van der Waals surface area contributed by atoms with E-state index in [1.165, 1.54) is 17.0 Å². The zero-order valence-electron chi connectivity index (χ0n) is 18.5. The number of rotatable bonds is 7. The molecule has 168 valence electrons. The van der Waals surface area contributed by atoms with Crippen LogP contribution in [0, 0.1) is 5.82 Å². The first kappa shape index (κ1) is 22.1. The highest BCUT2D eigenvalue weighted by Gasteiger charge is 2.32. The van der Waals surface area contributed by atoms with Gasteiger partial charge in [0.05, 0.1) is 26.5 Å². The van der Waals surface area contributed by atoms with Gasteiger partial charge in [-0.25, -0.2) is 9.38 Å². The summed E-state index contributed by atoms with van der Waals surface area (Å²) < 4.78 is 29.7.